The number of nitrogens with zero attached hydrogens (tertiary/aromatic N) is 3. The monoisotopic (exact) mass is 588 g/mol. The maximum absolute atomic E-state index is 13.2. The molecule has 1 saturated heterocycles. The second-order valence-electron chi connectivity index (χ2n) is 13.9. The highest BCUT2D eigenvalue weighted by Gasteiger charge is 2.68. The number of aromatic amines is 1. The van der Waals surface area contributed by atoms with Gasteiger partial charge in [-0.15, -0.1) is 11.6 Å². The molecular formula is C34H41ClN4O3. The van der Waals surface area contributed by atoms with E-state index in [0.29, 0.717) is 22.5 Å². The summed E-state index contributed by atoms with van der Waals surface area (Å²) in [7, 11) is 0. The lowest BCUT2D eigenvalue weighted by atomic mass is 9.40. The van der Waals surface area contributed by atoms with Crippen LogP contribution in [0.3, 0.4) is 0 Å². The van der Waals surface area contributed by atoms with Gasteiger partial charge in [-0.1, -0.05) is 11.1 Å². The molecule has 0 amide bonds. The third kappa shape index (κ3) is 5.30. The Morgan fingerprint density at radius 1 is 1.05 bits per heavy atom. The topological polar surface area (TPSA) is 70.7 Å². The Morgan fingerprint density at radius 3 is 2.55 bits per heavy atom. The first-order valence-corrected chi connectivity index (χ1v) is 15.8. The van der Waals surface area contributed by atoms with Gasteiger partial charge < -0.3 is 19.4 Å². The molecule has 8 rings (SSSR count). The van der Waals surface area contributed by atoms with Crippen molar-refractivity contribution in [3.05, 3.63) is 59.4 Å². The number of anilines is 1. The van der Waals surface area contributed by atoms with Crippen LogP contribution in [0.2, 0.25) is 0 Å². The molecule has 1 aliphatic heterocycles. The smallest absolute Gasteiger partial charge is 0.342 e. The summed E-state index contributed by atoms with van der Waals surface area (Å²) in [5.41, 5.74) is 5.57. The number of allylic oxidation sites excluding steroid dienone is 1. The Labute approximate surface area is 253 Å². The minimum absolute atomic E-state index is 0.133. The molecule has 8 heteroatoms. The molecular weight excluding hydrogens is 548 g/mol. The van der Waals surface area contributed by atoms with Crippen molar-refractivity contribution >= 4 is 34.3 Å². The van der Waals surface area contributed by atoms with E-state index >= 15 is 0 Å². The number of carbonyl (C=O) groups is 1. The predicted octanol–water partition coefficient (Wildman–Crippen LogP) is 7.46. The molecule has 42 heavy (non-hydrogen) atoms. The van der Waals surface area contributed by atoms with Crippen LogP contribution in [-0.4, -0.2) is 64.0 Å². The third-order valence-corrected chi connectivity index (χ3v) is 9.93. The molecule has 3 saturated carbocycles. The number of alkyl halides is 1. The van der Waals surface area contributed by atoms with Gasteiger partial charge in [0.05, 0.1) is 6.20 Å². The van der Waals surface area contributed by atoms with E-state index in [1.807, 2.05) is 57.3 Å². The summed E-state index contributed by atoms with van der Waals surface area (Å²) in [6.07, 6.45) is 12.3. The number of nitrogens with one attached hydrogen (secondary N) is 1. The van der Waals surface area contributed by atoms with Gasteiger partial charge in [0.15, 0.2) is 0 Å². The fourth-order valence-corrected chi connectivity index (χ4v) is 8.36. The average molecular weight is 589 g/mol. The Kier molecular flexibility index (Phi) is 6.82. The second-order valence-corrected chi connectivity index (χ2v) is 14.7. The number of esters is 1. The highest BCUT2D eigenvalue weighted by Crippen LogP contribution is 2.75. The lowest BCUT2D eigenvalue weighted by molar-refractivity contribution is -0.0491. The molecule has 3 aromatic rings. The molecule has 0 atom stereocenters. The van der Waals surface area contributed by atoms with Crippen LogP contribution in [-0.2, 0) is 4.74 Å². The molecule has 2 aromatic heterocycles. The second kappa shape index (κ2) is 10.3. The van der Waals surface area contributed by atoms with Crippen molar-refractivity contribution in [1.82, 2.24) is 14.9 Å². The number of pyridine rings is 1. The number of piperazine rings is 1. The summed E-state index contributed by atoms with van der Waals surface area (Å²) in [5.74, 6) is 0.660. The lowest BCUT2D eigenvalue weighted by Gasteiger charge is -2.69. The lowest BCUT2D eigenvalue weighted by Crippen LogP contribution is -2.64. The van der Waals surface area contributed by atoms with Crippen LogP contribution in [0.1, 0.15) is 76.1 Å². The highest BCUT2D eigenvalue weighted by molar-refractivity contribution is 6.26. The maximum atomic E-state index is 13.2. The van der Waals surface area contributed by atoms with Gasteiger partial charge in [-0.2, -0.15) is 0 Å². The van der Waals surface area contributed by atoms with Crippen LogP contribution in [0.4, 0.5) is 5.69 Å². The standard InChI is InChI=1S/C34H41ClN4O3/c1-32(2,3)42-31(40)27-9-8-25(17-29(27)41-26-16-23-10-11-36-30(23)37-18-26)39-14-12-38(13-15-39)19-24-6-4-5-7-28(24)33-20-34(35,21-33)22-33/h8-11,16-18H,4-7,12-15,19-22H2,1-3H3,(H,36,37). The summed E-state index contributed by atoms with van der Waals surface area (Å²) in [6.45, 7) is 10.6. The van der Waals surface area contributed by atoms with Gasteiger partial charge in [0.25, 0.3) is 0 Å². The van der Waals surface area contributed by atoms with E-state index in [1.165, 1.54) is 44.9 Å². The first-order chi connectivity index (χ1) is 20.1. The van der Waals surface area contributed by atoms with Crippen molar-refractivity contribution in [2.24, 2.45) is 5.41 Å². The molecule has 4 fully saturated rings. The first-order valence-electron chi connectivity index (χ1n) is 15.4. The number of hydrogen-bond acceptors (Lipinski definition) is 6. The highest BCUT2D eigenvalue weighted by atomic mass is 35.5. The number of carbonyl (C=O) groups excluding carboxylic acids is 1. The normalized spacial score (nSPS) is 26.1. The molecule has 1 N–H and O–H groups in total. The number of halogens is 1. The van der Waals surface area contributed by atoms with Crippen LogP contribution in [0.25, 0.3) is 11.0 Å². The fraction of sp³-hybridized carbons (Fsp3) is 0.529. The van der Waals surface area contributed by atoms with Crippen molar-refractivity contribution < 1.29 is 14.3 Å². The zero-order valence-electron chi connectivity index (χ0n) is 25.0. The molecule has 1 aromatic carbocycles. The Hall–Kier alpha value is -3.03. The molecule has 2 bridgehead atoms. The number of aromatic nitrogens is 2. The molecule has 0 unspecified atom stereocenters. The molecule has 5 aliphatic rings. The molecule has 0 radical (unpaired) electrons. The van der Waals surface area contributed by atoms with Crippen LogP contribution in [0.5, 0.6) is 11.5 Å². The largest absolute Gasteiger partial charge is 0.456 e. The van der Waals surface area contributed by atoms with Crippen molar-refractivity contribution in [2.75, 3.05) is 37.6 Å². The van der Waals surface area contributed by atoms with Crippen molar-refractivity contribution in [3.8, 4) is 11.5 Å². The van der Waals surface area contributed by atoms with E-state index in [4.69, 9.17) is 21.1 Å². The minimum Gasteiger partial charge on any atom is -0.456 e. The van der Waals surface area contributed by atoms with Gasteiger partial charge in [-0.05, 0) is 95.4 Å². The number of benzene rings is 1. The summed E-state index contributed by atoms with van der Waals surface area (Å²) in [5, 5.41) is 0.950. The number of hydrogen-bond donors (Lipinski definition) is 1. The molecule has 3 heterocycles. The van der Waals surface area contributed by atoms with E-state index in [2.05, 4.69) is 19.8 Å². The predicted molar refractivity (Wildman–Crippen MR) is 167 cm³/mol. The SMILES string of the molecule is CC(C)(C)OC(=O)c1ccc(N2CCN(CC3=C(C45CC(Cl)(C4)C5)CCCC3)CC2)cc1Oc1cnc2[nH]ccc2c1. The zero-order valence-corrected chi connectivity index (χ0v) is 25.7. The van der Waals surface area contributed by atoms with Crippen LogP contribution in [0.15, 0.2) is 53.9 Å². The number of ether oxygens (including phenoxy) is 2. The van der Waals surface area contributed by atoms with E-state index in [0.717, 1.165) is 49.4 Å². The maximum Gasteiger partial charge on any atom is 0.342 e. The van der Waals surface area contributed by atoms with Gasteiger partial charge >= 0.3 is 5.97 Å². The van der Waals surface area contributed by atoms with Gasteiger partial charge in [-0.25, -0.2) is 9.78 Å². The molecule has 7 nitrogen and oxygen atoms in total. The average Bonchev–Trinajstić information content (AvgIpc) is 3.39. The molecule has 4 aliphatic carbocycles. The van der Waals surface area contributed by atoms with Crippen LogP contribution in [0, 0.1) is 5.41 Å². The van der Waals surface area contributed by atoms with Crippen molar-refractivity contribution in [1.29, 1.82) is 0 Å². The van der Waals surface area contributed by atoms with Gasteiger partial charge in [0.2, 0.25) is 0 Å². The fourth-order valence-electron chi connectivity index (χ4n) is 7.60. The van der Waals surface area contributed by atoms with Crippen LogP contribution < -0.4 is 9.64 Å². The third-order valence-electron chi connectivity index (χ3n) is 9.53. The van der Waals surface area contributed by atoms with Gasteiger partial charge in [0.1, 0.15) is 28.3 Å². The van der Waals surface area contributed by atoms with E-state index in [-0.39, 0.29) is 4.87 Å². The molecule has 222 valence electrons. The van der Waals surface area contributed by atoms with Crippen LogP contribution >= 0.6 is 11.6 Å². The number of H-pyrrole nitrogens is 1. The number of rotatable bonds is 7. The summed E-state index contributed by atoms with van der Waals surface area (Å²) >= 11 is 6.65. The summed E-state index contributed by atoms with van der Waals surface area (Å²) in [6, 6.07) is 9.71. The summed E-state index contributed by atoms with van der Waals surface area (Å²) in [4.78, 5) is 25.9. The number of fused-ring (bicyclic) bond motifs is 1. The summed E-state index contributed by atoms with van der Waals surface area (Å²) < 4.78 is 12.0. The molecule has 0 spiro atoms. The zero-order chi connectivity index (χ0) is 29.1. The van der Waals surface area contributed by atoms with Gasteiger partial charge in [0, 0.05) is 60.9 Å². The first kappa shape index (κ1) is 27.8. The van der Waals surface area contributed by atoms with E-state index < -0.39 is 11.6 Å². The quantitative estimate of drug-likeness (QED) is 0.175. The van der Waals surface area contributed by atoms with E-state index in [1.54, 1.807) is 17.3 Å². The van der Waals surface area contributed by atoms with Crippen molar-refractivity contribution in [3.63, 3.8) is 0 Å². The minimum atomic E-state index is -0.605. The Bertz CT molecular complexity index is 1530. The Balaban J connectivity index is 1.07. The van der Waals surface area contributed by atoms with Crippen molar-refractivity contribution in [2.45, 2.75) is 76.2 Å². The Morgan fingerprint density at radius 2 is 1.81 bits per heavy atom. The van der Waals surface area contributed by atoms with Gasteiger partial charge in [-0.3, -0.25) is 4.90 Å². The van der Waals surface area contributed by atoms with E-state index in [9.17, 15) is 4.79 Å².